The molecule has 0 saturated carbocycles. The van der Waals surface area contributed by atoms with Crippen LogP contribution in [0.5, 0.6) is 0 Å². The minimum Gasteiger partial charge on any atom is -0.330 e. The van der Waals surface area contributed by atoms with Crippen molar-refractivity contribution in [2.75, 3.05) is 6.54 Å². The van der Waals surface area contributed by atoms with Crippen molar-refractivity contribution >= 4 is 10.9 Å². The fourth-order valence-electron chi connectivity index (χ4n) is 1.73. The number of rotatable bonds is 4. The van der Waals surface area contributed by atoms with Crippen LogP contribution in [0.4, 0.5) is 0 Å². The second-order valence-electron chi connectivity index (χ2n) is 3.78. The van der Waals surface area contributed by atoms with Crippen molar-refractivity contribution in [2.45, 2.75) is 19.3 Å². The summed E-state index contributed by atoms with van der Waals surface area (Å²) in [6.45, 7) is 0.779. The number of benzene rings is 1. The van der Waals surface area contributed by atoms with Gasteiger partial charge in [0.15, 0.2) is 0 Å². The summed E-state index contributed by atoms with van der Waals surface area (Å²) >= 11 is 0. The molecular weight excluding hydrogens is 184 g/mol. The Morgan fingerprint density at radius 3 is 2.87 bits per heavy atom. The van der Waals surface area contributed by atoms with Gasteiger partial charge >= 0.3 is 0 Å². The zero-order valence-electron chi connectivity index (χ0n) is 8.82. The van der Waals surface area contributed by atoms with Crippen LogP contribution in [0.1, 0.15) is 18.4 Å². The average Bonchev–Trinajstić information content (AvgIpc) is 2.29. The zero-order chi connectivity index (χ0) is 10.5. The summed E-state index contributed by atoms with van der Waals surface area (Å²) < 4.78 is 0. The SMILES string of the molecule is NCCCCc1cnc2ccccc2c1. The lowest BCUT2D eigenvalue weighted by atomic mass is 10.1. The Labute approximate surface area is 90.1 Å². The van der Waals surface area contributed by atoms with E-state index in [0.29, 0.717) is 0 Å². The van der Waals surface area contributed by atoms with Gasteiger partial charge in [-0.3, -0.25) is 4.98 Å². The maximum Gasteiger partial charge on any atom is 0.0702 e. The Kier molecular flexibility index (Phi) is 3.30. The number of hydrogen-bond donors (Lipinski definition) is 1. The molecule has 0 aliphatic carbocycles. The first kappa shape index (κ1) is 10.1. The van der Waals surface area contributed by atoms with E-state index in [-0.39, 0.29) is 0 Å². The van der Waals surface area contributed by atoms with Gasteiger partial charge in [-0.15, -0.1) is 0 Å². The number of nitrogens with zero attached hydrogens (tertiary/aromatic N) is 1. The number of para-hydroxylation sites is 1. The van der Waals surface area contributed by atoms with Crippen LogP contribution in [0.2, 0.25) is 0 Å². The molecule has 0 amide bonds. The lowest BCUT2D eigenvalue weighted by Crippen LogP contribution is -1.99. The summed E-state index contributed by atoms with van der Waals surface area (Å²) in [6.07, 6.45) is 5.29. The van der Waals surface area contributed by atoms with E-state index in [9.17, 15) is 0 Å². The molecule has 1 aromatic heterocycles. The summed E-state index contributed by atoms with van der Waals surface area (Å²) in [7, 11) is 0. The van der Waals surface area contributed by atoms with Crippen molar-refractivity contribution in [3.05, 3.63) is 42.1 Å². The van der Waals surface area contributed by atoms with Crippen molar-refractivity contribution in [3.8, 4) is 0 Å². The van der Waals surface area contributed by atoms with Crippen molar-refractivity contribution in [1.82, 2.24) is 4.98 Å². The van der Waals surface area contributed by atoms with Crippen LogP contribution in [-0.2, 0) is 6.42 Å². The fourth-order valence-corrected chi connectivity index (χ4v) is 1.73. The highest BCUT2D eigenvalue weighted by Gasteiger charge is 1.96. The fraction of sp³-hybridized carbons (Fsp3) is 0.308. The summed E-state index contributed by atoms with van der Waals surface area (Å²) in [5, 5.41) is 1.22. The standard InChI is InChI=1S/C13H16N2/c14-8-4-3-5-11-9-12-6-1-2-7-13(12)15-10-11/h1-2,6-7,9-10H,3-5,8,14H2. The van der Waals surface area contributed by atoms with Crippen molar-refractivity contribution in [1.29, 1.82) is 0 Å². The quantitative estimate of drug-likeness (QED) is 0.770. The molecule has 2 aromatic rings. The molecule has 78 valence electrons. The number of aromatic nitrogens is 1. The van der Waals surface area contributed by atoms with Crippen LogP contribution in [0.15, 0.2) is 36.5 Å². The van der Waals surface area contributed by atoms with Gasteiger partial charge in [0.05, 0.1) is 5.52 Å². The Morgan fingerprint density at radius 2 is 2.00 bits per heavy atom. The molecule has 2 N–H and O–H groups in total. The van der Waals surface area contributed by atoms with Crippen LogP contribution in [-0.4, -0.2) is 11.5 Å². The third-order valence-corrected chi connectivity index (χ3v) is 2.57. The van der Waals surface area contributed by atoms with E-state index in [2.05, 4.69) is 17.1 Å². The average molecular weight is 200 g/mol. The number of fused-ring (bicyclic) bond motifs is 1. The van der Waals surface area contributed by atoms with Gasteiger partial charge < -0.3 is 5.73 Å². The number of hydrogen-bond acceptors (Lipinski definition) is 2. The lowest BCUT2D eigenvalue weighted by Gasteiger charge is -2.02. The van der Waals surface area contributed by atoms with Gasteiger partial charge in [0.25, 0.3) is 0 Å². The molecule has 0 fully saturated rings. The summed E-state index contributed by atoms with van der Waals surface area (Å²) in [4.78, 5) is 4.43. The zero-order valence-corrected chi connectivity index (χ0v) is 8.82. The van der Waals surface area contributed by atoms with Crippen LogP contribution in [0.3, 0.4) is 0 Å². The van der Waals surface area contributed by atoms with E-state index >= 15 is 0 Å². The number of pyridine rings is 1. The molecule has 0 spiro atoms. The van der Waals surface area contributed by atoms with E-state index in [1.54, 1.807) is 0 Å². The number of nitrogens with two attached hydrogens (primary N) is 1. The molecule has 15 heavy (non-hydrogen) atoms. The van der Waals surface area contributed by atoms with Crippen LogP contribution in [0.25, 0.3) is 10.9 Å². The van der Waals surface area contributed by atoms with Crippen molar-refractivity contribution in [3.63, 3.8) is 0 Å². The topological polar surface area (TPSA) is 38.9 Å². The highest BCUT2D eigenvalue weighted by molar-refractivity contribution is 5.78. The molecule has 1 heterocycles. The molecule has 0 radical (unpaired) electrons. The van der Waals surface area contributed by atoms with Crippen LogP contribution < -0.4 is 5.73 Å². The molecule has 2 nitrogen and oxygen atoms in total. The molecule has 0 bridgehead atoms. The van der Waals surface area contributed by atoms with Crippen molar-refractivity contribution < 1.29 is 0 Å². The highest BCUT2D eigenvalue weighted by atomic mass is 14.6. The minimum atomic E-state index is 0.779. The van der Waals surface area contributed by atoms with E-state index in [1.165, 1.54) is 10.9 Å². The van der Waals surface area contributed by atoms with Gasteiger partial charge in [0.1, 0.15) is 0 Å². The monoisotopic (exact) mass is 200 g/mol. The van der Waals surface area contributed by atoms with Gasteiger partial charge in [0.2, 0.25) is 0 Å². The van der Waals surface area contributed by atoms with E-state index in [4.69, 9.17) is 5.73 Å². The maximum atomic E-state index is 5.47. The molecule has 0 unspecified atom stereocenters. The van der Waals surface area contributed by atoms with Crippen molar-refractivity contribution in [2.24, 2.45) is 5.73 Å². The Morgan fingerprint density at radius 1 is 1.13 bits per heavy atom. The van der Waals surface area contributed by atoms with Gasteiger partial charge in [-0.1, -0.05) is 18.2 Å². The van der Waals surface area contributed by atoms with E-state index < -0.39 is 0 Å². The lowest BCUT2D eigenvalue weighted by molar-refractivity contribution is 0.744. The van der Waals surface area contributed by atoms with Gasteiger partial charge in [-0.25, -0.2) is 0 Å². The van der Waals surface area contributed by atoms with Crippen LogP contribution >= 0.6 is 0 Å². The molecular formula is C13H16N2. The predicted molar refractivity (Wildman–Crippen MR) is 63.7 cm³/mol. The second kappa shape index (κ2) is 4.89. The Hall–Kier alpha value is -1.41. The highest BCUT2D eigenvalue weighted by Crippen LogP contribution is 2.13. The molecule has 0 aliphatic rings. The molecule has 0 atom stereocenters. The maximum absolute atomic E-state index is 5.47. The second-order valence-corrected chi connectivity index (χ2v) is 3.78. The summed E-state index contributed by atoms with van der Waals surface area (Å²) in [6, 6.07) is 10.4. The molecule has 0 aliphatic heterocycles. The Balaban J connectivity index is 2.16. The van der Waals surface area contributed by atoms with E-state index in [0.717, 1.165) is 31.3 Å². The molecule has 0 saturated heterocycles. The smallest absolute Gasteiger partial charge is 0.0702 e. The third-order valence-electron chi connectivity index (χ3n) is 2.57. The molecule has 2 heteroatoms. The summed E-state index contributed by atoms with van der Waals surface area (Å²) in [5.41, 5.74) is 7.84. The van der Waals surface area contributed by atoms with E-state index in [1.807, 2.05) is 24.4 Å². The number of unbranched alkanes of at least 4 members (excludes halogenated alkanes) is 1. The first-order valence-electron chi connectivity index (χ1n) is 5.44. The van der Waals surface area contributed by atoms with Crippen LogP contribution in [0, 0.1) is 0 Å². The first-order chi connectivity index (χ1) is 7.40. The minimum absolute atomic E-state index is 0.779. The third kappa shape index (κ3) is 2.54. The normalized spacial score (nSPS) is 10.7. The van der Waals surface area contributed by atoms with Gasteiger partial charge in [-0.2, -0.15) is 0 Å². The largest absolute Gasteiger partial charge is 0.330 e. The molecule has 2 rings (SSSR count). The number of aryl methyl sites for hydroxylation is 1. The summed E-state index contributed by atoms with van der Waals surface area (Å²) in [5.74, 6) is 0. The van der Waals surface area contributed by atoms with Gasteiger partial charge in [-0.05, 0) is 43.5 Å². The Bertz CT molecular complexity index is 437. The van der Waals surface area contributed by atoms with Gasteiger partial charge in [0, 0.05) is 11.6 Å². The predicted octanol–water partition coefficient (Wildman–Crippen LogP) is 2.52. The molecule has 1 aromatic carbocycles. The first-order valence-corrected chi connectivity index (χ1v) is 5.44.